The van der Waals surface area contributed by atoms with Gasteiger partial charge in [-0.25, -0.2) is 9.78 Å². The summed E-state index contributed by atoms with van der Waals surface area (Å²) in [6.07, 6.45) is 2.86. The smallest absolute Gasteiger partial charge is 0.354 e. The van der Waals surface area contributed by atoms with E-state index >= 15 is 0 Å². The zero-order valence-corrected chi connectivity index (χ0v) is 11.0. The molecule has 1 N–H and O–H groups in total. The van der Waals surface area contributed by atoms with Crippen molar-refractivity contribution in [3.05, 3.63) is 47.5 Å². The van der Waals surface area contributed by atoms with Crippen LogP contribution in [0.2, 0.25) is 0 Å². The van der Waals surface area contributed by atoms with Gasteiger partial charge in [0.2, 0.25) is 0 Å². The van der Waals surface area contributed by atoms with Crippen molar-refractivity contribution in [2.75, 3.05) is 7.11 Å². The molecule has 0 aliphatic rings. The highest BCUT2D eigenvalue weighted by molar-refractivity contribution is 5.87. The van der Waals surface area contributed by atoms with Gasteiger partial charge in [0.05, 0.1) is 19.1 Å². The van der Waals surface area contributed by atoms with E-state index in [2.05, 4.69) is 4.98 Å². The Labute approximate surface area is 111 Å². The van der Waals surface area contributed by atoms with Gasteiger partial charge in [-0.3, -0.25) is 0 Å². The van der Waals surface area contributed by atoms with E-state index in [1.54, 1.807) is 14.2 Å². The van der Waals surface area contributed by atoms with E-state index in [-0.39, 0.29) is 5.69 Å². The van der Waals surface area contributed by atoms with Gasteiger partial charge in [-0.2, -0.15) is 0 Å². The minimum absolute atomic E-state index is 0.253. The quantitative estimate of drug-likeness (QED) is 0.892. The lowest BCUT2D eigenvalue weighted by atomic mass is 10.1. The number of methoxy groups -OCH3 is 1. The van der Waals surface area contributed by atoms with Crippen LogP contribution in [0, 0.1) is 0 Å². The van der Waals surface area contributed by atoms with Crippen molar-refractivity contribution in [2.24, 2.45) is 7.05 Å². The van der Waals surface area contributed by atoms with Gasteiger partial charge in [-0.15, -0.1) is 0 Å². The molecule has 0 radical (unpaired) electrons. The van der Waals surface area contributed by atoms with E-state index in [4.69, 9.17) is 9.84 Å². The molecule has 1 heterocycles. The maximum Gasteiger partial charge on any atom is 0.354 e. The van der Waals surface area contributed by atoms with E-state index in [1.165, 1.54) is 10.9 Å². The number of carboxylic acids is 1. The number of imidazole rings is 1. The van der Waals surface area contributed by atoms with Gasteiger partial charge in [0.15, 0.2) is 0 Å². The van der Waals surface area contributed by atoms with Crippen LogP contribution in [0.15, 0.2) is 30.6 Å². The Balaban J connectivity index is 2.12. The molecule has 1 aromatic heterocycles. The number of aromatic nitrogens is 2. The van der Waals surface area contributed by atoms with Crippen LogP contribution < -0.4 is 4.74 Å². The lowest BCUT2D eigenvalue weighted by Gasteiger charge is -2.04. The average molecular weight is 260 g/mol. The summed E-state index contributed by atoms with van der Waals surface area (Å²) < 4.78 is 6.69. The molecule has 2 aromatic rings. The summed E-state index contributed by atoms with van der Waals surface area (Å²) in [4.78, 5) is 15.3. The van der Waals surface area contributed by atoms with Crippen LogP contribution >= 0.6 is 0 Å². The second-order valence-corrected chi connectivity index (χ2v) is 4.31. The molecule has 0 saturated heterocycles. The number of nitrogens with zero attached hydrogens (tertiary/aromatic N) is 2. The molecule has 1 aromatic carbocycles. The SMILES string of the molecule is COc1cccc(CCc2ncn(C)c2C(=O)O)c1. The number of aromatic carboxylic acids is 1. The maximum atomic E-state index is 11.1. The van der Waals surface area contributed by atoms with Crippen LogP contribution in [0.5, 0.6) is 5.75 Å². The van der Waals surface area contributed by atoms with Crippen LogP contribution in [-0.4, -0.2) is 27.7 Å². The molecule has 0 unspecified atom stereocenters. The predicted molar refractivity (Wildman–Crippen MR) is 70.6 cm³/mol. The Morgan fingerprint density at radius 1 is 1.42 bits per heavy atom. The molecule has 2 rings (SSSR count). The summed E-state index contributed by atoms with van der Waals surface area (Å²) in [6, 6.07) is 7.74. The topological polar surface area (TPSA) is 64.4 Å². The summed E-state index contributed by atoms with van der Waals surface area (Å²) >= 11 is 0. The fourth-order valence-corrected chi connectivity index (χ4v) is 2.03. The van der Waals surface area contributed by atoms with E-state index in [1.807, 2.05) is 24.3 Å². The Morgan fingerprint density at radius 3 is 2.89 bits per heavy atom. The van der Waals surface area contributed by atoms with E-state index in [0.29, 0.717) is 12.1 Å². The molecule has 100 valence electrons. The summed E-state index contributed by atoms with van der Waals surface area (Å²) in [5.41, 5.74) is 1.96. The van der Waals surface area contributed by atoms with Crippen LogP contribution in [0.4, 0.5) is 0 Å². The zero-order chi connectivity index (χ0) is 13.8. The highest BCUT2D eigenvalue weighted by atomic mass is 16.5. The third-order valence-electron chi connectivity index (χ3n) is 3.00. The maximum absolute atomic E-state index is 11.1. The molecule has 5 nitrogen and oxygen atoms in total. The van der Waals surface area contributed by atoms with E-state index in [0.717, 1.165) is 17.7 Å². The van der Waals surface area contributed by atoms with Gasteiger partial charge in [0, 0.05) is 7.05 Å². The van der Waals surface area contributed by atoms with Crippen molar-refractivity contribution in [3.8, 4) is 5.75 Å². The van der Waals surface area contributed by atoms with Crippen LogP contribution in [0.3, 0.4) is 0 Å². The molecule has 0 saturated carbocycles. The molecule has 0 amide bonds. The van der Waals surface area contributed by atoms with Crippen molar-refractivity contribution in [1.82, 2.24) is 9.55 Å². The number of hydrogen-bond donors (Lipinski definition) is 1. The van der Waals surface area contributed by atoms with Gasteiger partial charge in [-0.05, 0) is 30.5 Å². The number of aryl methyl sites for hydroxylation is 3. The van der Waals surface area contributed by atoms with Crippen molar-refractivity contribution >= 4 is 5.97 Å². The van der Waals surface area contributed by atoms with E-state index in [9.17, 15) is 4.79 Å². The number of carbonyl (C=O) groups is 1. The summed E-state index contributed by atoms with van der Waals surface area (Å²) in [5, 5.41) is 9.13. The Bertz CT molecular complexity index is 590. The molecule has 5 heteroatoms. The first-order valence-corrected chi connectivity index (χ1v) is 5.98. The van der Waals surface area contributed by atoms with Crippen molar-refractivity contribution in [2.45, 2.75) is 12.8 Å². The van der Waals surface area contributed by atoms with Crippen LogP contribution in [-0.2, 0) is 19.9 Å². The van der Waals surface area contributed by atoms with E-state index < -0.39 is 5.97 Å². The van der Waals surface area contributed by atoms with Gasteiger partial charge in [0.25, 0.3) is 0 Å². The number of rotatable bonds is 5. The summed E-state index contributed by atoms with van der Waals surface area (Å²) in [6.45, 7) is 0. The highest BCUT2D eigenvalue weighted by Gasteiger charge is 2.15. The lowest BCUT2D eigenvalue weighted by molar-refractivity contribution is 0.0685. The number of hydrogen-bond acceptors (Lipinski definition) is 3. The molecule has 0 bridgehead atoms. The molecule has 0 spiro atoms. The second kappa shape index (κ2) is 5.56. The molecule has 0 aliphatic carbocycles. The molecule has 0 aliphatic heterocycles. The first kappa shape index (κ1) is 13.1. The molecular formula is C14H16N2O3. The third-order valence-corrected chi connectivity index (χ3v) is 3.00. The lowest BCUT2D eigenvalue weighted by Crippen LogP contribution is -2.08. The second-order valence-electron chi connectivity index (χ2n) is 4.31. The molecular weight excluding hydrogens is 244 g/mol. The minimum Gasteiger partial charge on any atom is -0.497 e. The average Bonchev–Trinajstić information content (AvgIpc) is 2.78. The minimum atomic E-state index is -0.944. The third kappa shape index (κ3) is 2.93. The predicted octanol–water partition coefficient (Wildman–Crippen LogP) is 1.91. The van der Waals surface area contributed by atoms with Crippen molar-refractivity contribution in [3.63, 3.8) is 0 Å². The van der Waals surface area contributed by atoms with Crippen LogP contribution in [0.25, 0.3) is 0 Å². The fourth-order valence-electron chi connectivity index (χ4n) is 2.03. The fraction of sp³-hybridized carbons (Fsp3) is 0.286. The summed E-state index contributed by atoms with van der Waals surface area (Å²) in [7, 11) is 3.31. The van der Waals surface area contributed by atoms with Crippen LogP contribution in [0.1, 0.15) is 21.7 Å². The number of carboxylic acid groups (broad SMARTS) is 1. The number of ether oxygens (including phenoxy) is 1. The highest BCUT2D eigenvalue weighted by Crippen LogP contribution is 2.15. The number of benzene rings is 1. The standard InChI is InChI=1S/C14H16N2O3/c1-16-9-15-12(13(16)14(17)18)7-6-10-4-3-5-11(8-10)19-2/h3-5,8-9H,6-7H2,1-2H3,(H,17,18). The van der Waals surface area contributed by atoms with Gasteiger partial charge >= 0.3 is 5.97 Å². The summed E-state index contributed by atoms with van der Waals surface area (Å²) in [5.74, 6) is -0.141. The molecule has 0 fully saturated rings. The van der Waals surface area contributed by atoms with Gasteiger partial charge in [0.1, 0.15) is 11.4 Å². The monoisotopic (exact) mass is 260 g/mol. The Morgan fingerprint density at radius 2 is 2.21 bits per heavy atom. The Hall–Kier alpha value is -2.30. The van der Waals surface area contributed by atoms with Crippen molar-refractivity contribution < 1.29 is 14.6 Å². The molecule has 0 atom stereocenters. The largest absolute Gasteiger partial charge is 0.497 e. The van der Waals surface area contributed by atoms with Gasteiger partial charge < -0.3 is 14.4 Å². The zero-order valence-electron chi connectivity index (χ0n) is 11.0. The van der Waals surface area contributed by atoms with Gasteiger partial charge in [-0.1, -0.05) is 12.1 Å². The molecule has 19 heavy (non-hydrogen) atoms. The normalized spacial score (nSPS) is 10.4. The van der Waals surface area contributed by atoms with Crippen molar-refractivity contribution in [1.29, 1.82) is 0 Å². The first-order chi connectivity index (χ1) is 9.11. The Kier molecular flexibility index (Phi) is 3.85. The first-order valence-electron chi connectivity index (χ1n) is 5.98.